The number of ether oxygens (including phenoxy) is 1. The number of aromatic nitrogens is 2. The van der Waals surface area contributed by atoms with Crippen molar-refractivity contribution in [2.24, 2.45) is 0 Å². The fourth-order valence-corrected chi connectivity index (χ4v) is 2.00. The molecule has 0 saturated heterocycles. The molecule has 0 aliphatic heterocycles. The SMILES string of the molecule is Nc1ccc2ccc(Oc3ccc(Cl)c(Cl)c3)nc2n1. The zero-order valence-corrected chi connectivity index (χ0v) is 11.7. The Morgan fingerprint density at radius 2 is 1.70 bits per heavy atom. The van der Waals surface area contributed by atoms with Gasteiger partial charge in [-0.05, 0) is 30.3 Å². The highest BCUT2D eigenvalue weighted by Gasteiger charge is 2.05. The minimum absolute atomic E-state index is 0.411. The Bertz CT molecular complexity index is 792. The number of benzene rings is 1. The molecule has 0 aliphatic rings. The second-order valence-corrected chi connectivity index (χ2v) is 4.92. The van der Waals surface area contributed by atoms with Gasteiger partial charge in [0.2, 0.25) is 5.88 Å². The first kappa shape index (κ1) is 13.0. The number of hydrogen-bond donors (Lipinski definition) is 1. The standard InChI is InChI=1S/C14H9Cl2N3O/c15-10-4-3-9(7-11(10)16)20-13-6-2-8-1-5-12(17)18-14(8)19-13/h1-7H,(H2,17,18,19). The maximum atomic E-state index is 5.93. The first-order valence-electron chi connectivity index (χ1n) is 5.78. The molecule has 0 amide bonds. The Balaban J connectivity index is 1.95. The van der Waals surface area contributed by atoms with Crippen LogP contribution in [0.25, 0.3) is 11.0 Å². The second-order valence-electron chi connectivity index (χ2n) is 4.11. The molecular weight excluding hydrogens is 297 g/mol. The number of halogens is 2. The van der Waals surface area contributed by atoms with Crippen LogP contribution in [0.5, 0.6) is 11.6 Å². The summed E-state index contributed by atoms with van der Waals surface area (Å²) < 4.78 is 5.63. The van der Waals surface area contributed by atoms with Crippen molar-refractivity contribution in [1.29, 1.82) is 0 Å². The zero-order chi connectivity index (χ0) is 14.1. The van der Waals surface area contributed by atoms with Crippen molar-refractivity contribution in [2.75, 3.05) is 5.73 Å². The molecule has 0 fully saturated rings. The minimum atomic E-state index is 0.411. The van der Waals surface area contributed by atoms with E-state index in [2.05, 4.69) is 9.97 Å². The predicted octanol–water partition coefficient (Wildman–Crippen LogP) is 4.31. The molecule has 3 rings (SSSR count). The molecule has 0 bridgehead atoms. The molecule has 3 aromatic rings. The first-order chi connectivity index (χ1) is 9.61. The third kappa shape index (κ3) is 2.61. The van der Waals surface area contributed by atoms with Gasteiger partial charge in [-0.1, -0.05) is 23.2 Å². The quantitative estimate of drug-likeness (QED) is 0.766. The molecular formula is C14H9Cl2N3O. The number of anilines is 1. The Morgan fingerprint density at radius 1 is 0.900 bits per heavy atom. The molecule has 20 heavy (non-hydrogen) atoms. The van der Waals surface area contributed by atoms with Crippen LogP contribution in [-0.4, -0.2) is 9.97 Å². The van der Waals surface area contributed by atoms with Crippen LogP contribution >= 0.6 is 23.2 Å². The number of hydrogen-bond acceptors (Lipinski definition) is 4. The molecule has 0 atom stereocenters. The van der Waals surface area contributed by atoms with Gasteiger partial charge < -0.3 is 10.5 Å². The van der Waals surface area contributed by atoms with Gasteiger partial charge in [0, 0.05) is 17.5 Å². The highest BCUT2D eigenvalue weighted by atomic mass is 35.5. The van der Waals surface area contributed by atoms with Gasteiger partial charge in [-0.15, -0.1) is 0 Å². The Hall–Kier alpha value is -2.04. The maximum absolute atomic E-state index is 5.93. The van der Waals surface area contributed by atoms with E-state index < -0.39 is 0 Å². The molecule has 6 heteroatoms. The summed E-state index contributed by atoms with van der Waals surface area (Å²) in [5.74, 6) is 1.38. The summed E-state index contributed by atoms with van der Waals surface area (Å²) in [5, 5.41) is 1.79. The fourth-order valence-electron chi connectivity index (χ4n) is 1.71. The molecule has 100 valence electrons. The van der Waals surface area contributed by atoms with Gasteiger partial charge in [0.25, 0.3) is 0 Å². The summed E-state index contributed by atoms with van der Waals surface area (Å²) in [6.07, 6.45) is 0. The summed E-state index contributed by atoms with van der Waals surface area (Å²) >= 11 is 11.8. The summed E-state index contributed by atoms with van der Waals surface area (Å²) in [7, 11) is 0. The van der Waals surface area contributed by atoms with Crippen molar-refractivity contribution >= 4 is 40.1 Å². The van der Waals surface area contributed by atoms with E-state index in [1.807, 2.05) is 12.1 Å². The van der Waals surface area contributed by atoms with E-state index in [0.717, 1.165) is 5.39 Å². The summed E-state index contributed by atoms with van der Waals surface area (Å²) in [5.41, 5.74) is 6.17. The van der Waals surface area contributed by atoms with Crippen LogP contribution in [0.3, 0.4) is 0 Å². The first-order valence-corrected chi connectivity index (χ1v) is 6.53. The molecule has 0 aliphatic carbocycles. The molecule has 0 spiro atoms. The fraction of sp³-hybridized carbons (Fsp3) is 0. The number of pyridine rings is 2. The average Bonchev–Trinajstić information content (AvgIpc) is 2.42. The predicted molar refractivity (Wildman–Crippen MR) is 80.5 cm³/mol. The van der Waals surface area contributed by atoms with Crippen molar-refractivity contribution < 1.29 is 4.74 Å². The molecule has 2 aromatic heterocycles. The lowest BCUT2D eigenvalue weighted by Crippen LogP contribution is -1.93. The highest BCUT2D eigenvalue weighted by molar-refractivity contribution is 6.42. The molecule has 2 heterocycles. The molecule has 2 N–H and O–H groups in total. The minimum Gasteiger partial charge on any atom is -0.439 e. The van der Waals surface area contributed by atoms with Crippen LogP contribution in [-0.2, 0) is 0 Å². The third-order valence-corrected chi connectivity index (χ3v) is 3.40. The van der Waals surface area contributed by atoms with E-state index in [0.29, 0.717) is 33.1 Å². The van der Waals surface area contributed by atoms with Crippen LogP contribution in [0.1, 0.15) is 0 Å². The van der Waals surface area contributed by atoms with Gasteiger partial charge in [0.15, 0.2) is 5.65 Å². The van der Waals surface area contributed by atoms with E-state index in [1.54, 1.807) is 30.3 Å². The maximum Gasteiger partial charge on any atom is 0.221 e. The van der Waals surface area contributed by atoms with Gasteiger partial charge in [0.1, 0.15) is 11.6 Å². The summed E-state index contributed by atoms with van der Waals surface area (Å²) in [4.78, 5) is 8.44. The van der Waals surface area contributed by atoms with E-state index in [1.165, 1.54) is 0 Å². The largest absolute Gasteiger partial charge is 0.439 e. The lowest BCUT2D eigenvalue weighted by atomic mass is 10.3. The van der Waals surface area contributed by atoms with Crippen molar-refractivity contribution in [2.45, 2.75) is 0 Å². The van der Waals surface area contributed by atoms with Crippen molar-refractivity contribution in [1.82, 2.24) is 9.97 Å². The van der Waals surface area contributed by atoms with E-state index in [-0.39, 0.29) is 0 Å². The molecule has 0 unspecified atom stereocenters. The monoisotopic (exact) mass is 305 g/mol. The van der Waals surface area contributed by atoms with Gasteiger partial charge >= 0.3 is 0 Å². The number of fused-ring (bicyclic) bond motifs is 1. The third-order valence-electron chi connectivity index (χ3n) is 2.66. The van der Waals surface area contributed by atoms with Crippen LogP contribution in [0.2, 0.25) is 10.0 Å². The van der Waals surface area contributed by atoms with Crippen LogP contribution in [0.4, 0.5) is 5.82 Å². The normalized spacial score (nSPS) is 10.7. The molecule has 1 aromatic carbocycles. The average molecular weight is 306 g/mol. The number of nitrogen functional groups attached to an aromatic ring is 1. The van der Waals surface area contributed by atoms with Crippen molar-refractivity contribution in [3.63, 3.8) is 0 Å². The van der Waals surface area contributed by atoms with Gasteiger partial charge in [-0.2, -0.15) is 4.98 Å². The molecule has 0 radical (unpaired) electrons. The van der Waals surface area contributed by atoms with Crippen molar-refractivity contribution in [3.8, 4) is 11.6 Å². The Morgan fingerprint density at radius 3 is 2.50 bits per heavy atom. The van der Waals surface area contributed by atoms with E-state index in [4.69, 9.17) is 33.7 Å². The summed E-state index contributed by atoms with van der Waals surface area (Å²) in [6.45, 7) is 0. The van der Waals surface area contributed by atoms with Crippen molar-refractivity contribution in [3.05, 3.63) is 52.5 Å². The van der Waals surface area contributed by atoms with Crippen LogP contribution in [0, 0.1) is 0 Å². The Labute approximate surface area is 125 Å². The molecule has 0 saturated carbocycles. The topological polar surface area (TPSA) is 61.0 Å². The van der Waals surface area contributed by atoms with E-state index >= 15 is 0 Å². The van der Waals surface area contributed by atoms with Crippen LogP contribution in [0.15, 0.2) is 42.5 Å². The lowest BCUT2D eigenvalue weighted by molar-refractivity contribution is 0.465. The van der Waals surface area contributed by atoms with E-state index in [9.17, 15) is 0 Å². The van der Waals surface area contributed by atoms with Gasteiger partial charge in [-0.25, -0.2) is 4.98 Å². The second kappa shape index (κ2) is 5.15. The Kier molecular flexibility index (Phi) is 3.34. The zero-order valence-electron chi connectivity index (χ0n) is 10.2. The van der Waals surface area contributed by atoms with Gasteiger partial charge in [0.05, 0.1) is 10.0 Å². The number of nitrogens with two attached hydrogens (primary N) is 1. The van der Waals surface area contributed by atoms with Gasteiger partial charge in [-0.3, -0.25) is 0 Å². The smallest absolute Gasteiger partial charge is 0.221 e. The lowest BCUT2D eigenvalue weighted by Gasteiger charge is -2.06. The number of rotatable bonds is 2. The summed E-state index contributed by atoms with van der Waals surface area (Å²) in [6, 6.07) is 12.2. The number of nitrogens with zero attached hydrogens (tertiary/aromatic N) is 2. The highest BCUT2D eigenvalue weighted by Crippen LogP contribution is 2.29. The van der Waals surface area contributed by atoms with Crippen LogP contribution < -0.4 is 10.5 Å². The molecule has 4 nitrogen and oxygen atoms in total.